The molecule has 0 bridgehead atoms. The molecular weight excluding hydrogens is 360 g/mol. The zero-order chi connectivity index (χ0) is 18.7. The SMILES string of the molecule is Cc1ccc(S(=O)(=O)NCCN(C2CCCCC2)S(C)(=O)=O)cc1C. The van der Waals surface area contributed by atoms with Crippen molar-refractivity contribution in [1.82, 2.24) is 9.03 Å². The van der Waals surface area contributed by atoms with Crippen LogP contribution in [0.5, 0.6) is 0 Å². The standard InChI is InChI=1S/C17H28N2O4S2/c1-14-9-10-17(13-15(14)2)25(22,23)18-11-12-19(24(3,20)21)16-7-5-4-6-8-16/h9-10,13,16,18H,4-8,11-12H2,1-3H3. The summed E-state index contributed by atoms with van der Waals surface area (Å²) in [6.07, 6.45) is 6.05. The average Bonchev–Trinajstić information content (AvgIpc) is 2.53. The second kappa shape index (κ2) is 8.16. The molecule has 25 heavy (non-hydrogen) atoms. The van der Waals surface area contributed by atoms with Crippen LogP contribution in [0.25, 0.3) is 0 Å². The third kappa shape index (κ3) is 5.51. The molecular formula is C17H28N2O4S2. The van der Waals surface area contributed by atoms with Crippen LogP contribution in [0.2, 0.25) is 0 Å². The highest BCUT2D eigenvalue weighted by molar-refractivity contribution is 7.89. The van der Waals surface area contributed by atoms with E-state index >= 15 is 0 Å². The van der Waals surface area contributed by atoms with Crippen LogP contribution in [0.3, 0.4) is 0 Å². The molecule has 1 aliphatic rings. The minimum Gasteiger partial charge on any atom is -0.212 e. The molecule has 0 unspecified atom stereocenters. The summed E-state index contributed by atoms with van der Waals surface area (Å²) in [5.74, 6) is 0. The summed E-state index contributed by atoms with van der Waals surface area (Å²) in [5, 5.41) is 0. The Bertz CT molecular complexity index is 798. The molecule has 0 aromatic heterocycles. The topological polar surface area (TPSA) is 83.6 Å². The van der Waals surface area contributed by atoms with Gasteiger partial charge >= 0.3 is 0 Å². The number of benzene rings is 1. The maximum atomic E-state index is 12.4. The van der Waals surface area contributed by atoms with Gasteiger partial charge in [0.2, 0.25) is 20.0 Å². The van der Waals surface area contributed by atoms with Crippen molar-refractivity contribution < 1.29 is 16.8 Å². The fourth-order valence-corrected chi connectivity index (χ4v) is 5.52. The van der Waals surface area contributed by atoms with E-state index in [1.54, 1.807) is 18.2 Å². The van der Waals surface area contributed by atoms with Gasteiger partial charge in [0.05, 0.1) is 11.2 Å². The maximum Gasteiger partial charge on any atom is 0.240 e. The first-order valence-electron chi connectivity index (χ1n) is 8.65. The molecule has 0 aliphatic heterocycles. The number of hydrogen-bond acceptors (Lipinski definition) is 4. The van der Waals surface area contributed by atoms with Crippen LogP contribution in [-0.4, -0.2) is 46.5 Å². The van der Waals surface area contributed by atoms with E-state index in [-0.39, 0.29) is 24.0 Å². The van der Waals surface area contributed by atoms with E-state index in [4.69, 9.17) is 0 Å². The molecule has 1 fully saturated rings. The first-order chi connectivity index (χ1) is 11.6. The lowest BCUT2D eigenvalue weighted by Gasteiger charge is -2.32. The summed E-state index contributed by atoms with van der Waals surface area (Å²) in [4.78, 5) is 0.208. The smallest absolute Gasteiger partial charge is 0.212 e. The maximum absolute atomic E-state index is 12.4. The van der Waals surface area contributed by atoms with E-state index in [1.165, 1.54) is 10.6 Å². The number of nitrogens with one attached hydrogen (secondary N) is 1. The van der Waals surface area contributed by atoms with Crippen LogP contribution in [-0.2, 0) is 20.0 Å². The predicted octanol–water partition coefficient (Wildman–Crippen LogP) is 2.18. The van der Waals surface area contributed by atoms with E-state index in [9.17, 15) is 16.8 Å². The highest BCUT2D eigenvalue weighted by atomic mass is 32.2. The summed E-state index contributed by atoms with van der Waals surface area (Å²) in [5.41, 5.74) is 1.93. The Balaban J connectivity index is 2.04. The van der Waals surface area contributed by atoms with Crippen molar-refractivity contribution in [3.05, 3.63) is 29.3 Å². The Kier molecular flexibility index (Phi) is 6.64. The van der Waals surface area contributed by atoms with Gasteiger partial charge in [-0.25, -0.2) is 21.6 Å². The van der Waals surface area contributed by atoms with Gasteiger partial charge in [-0.1, -0.05) is 25.3 Å². The van der Waals surface area contributed by atoms with Crippen LogP contribution < -0.4 is 4.72 Å². The number of aryl methyl sites for hydroxylation is 2. The molecule has 1 aromatic carbocycles. The molecule has 0 spiro atoms. The number of rotatable bonds is 7. The van der Waals surface area contributed by atoms with E-state index in [2.05, 4.69) is 4.72 Å². The van der Waals surface area contributed by atoms with Gasteiger partial charge in [-0.3, -0.25) is 0 Å². The van der Waals surface area contributed by atoms with Gasteiger partial charge in [0, 0.05) is 19.1 Å². The third-order valence-electron chi connectivity index (χ3n) is 4.82. The molecule has 6 nitrogen and oxygen atoms in total. The molecule has 1 saturated carbocycles. The Hall–Kier alpha value is -0.960. The summed E-state index contributed by atoms with van der Waals surface area (Å²) < 4.78 is 53.0. The normalized spacial score (nSPS) is 17.1. The van der Waals surface area contributed by atoms with Crippen LogP contribution in [0, 0.1) is 13.8 Å². The van der Waals surface area contributed by atoms with Crippen LogP contribution in [0.4, 0.5) is 0 Å². The van der Waals surface area contributed by atoms with Gasteiger partial charge in [0.25, 0.3) is 0 Å². The van der Waals surface area contributed by atoms with Crippen molar-refractivity contribution >= 4 is 20.0 Å². The molecule has 0 saturated heterocycles. The van der Waals surface area contributed by atoms with E-state index in [1.807, 2.05) is 13.8 Å². The van der Waals surface area contributed by atoms with E-state index < -0.39 is 20.0 Å². The third-order valence-corrected chi connectivity index (χ3v) is 7.61. The second-order valence-corrected chi connectivity index (χ2v) is 10.5. The molecule has 1 aliphatic carbocycles. The van der Waals surface area contributed by atoms with Crippen molar-refractivity contribution in [2.24, 2.45) is 0 Å². The Morgan fingerprint density at radius 1 is 1.04 bits per heavy atom. The Labute approximate surface area is 151 Å². The van der Waals surface area contributed by atoms with Gasteiger partial charge in [-0.15, -0.1) is 0 Å². The van der Waals surface area contributed by atoms with Gasteiger partial charge in [0.15, 0.2) is 0 Å². The second-order valence-electron chi connectivity index (χ2n) is 6.81. The molecule has 8 heteroatoms. The van der Waals surface area contributed by atoms with Crippen molar-refractivity contribution in [3.63, 3.8) is 0 Å². The van der Waals surface area contributed by atoms with E-state index in [0.29, 0.717) is 0 Å². The molecule has 0 radical (unpaired) electrons. The lowest BCUT2D eigenvalue weighted by molar-refractivity contribution is 0.257. The summed E-state index contributed by atoms with van der Waals surface area (Å²) in [7, 11) is -7.00. The van der Waals surface area contributed by atoms with Crippen molar-refractivity contribution in [1.29, 1.82) is 0 Å². The minimum atomic E-state index is -3.64. The summed E-state index contributed by atoms with van der Waals surface area (Å²) >= 11 is 0. The Morgan fingerprint density at radius 3 is 2.24 bits per heavy atom. The largest absolute Gasteiger partial charge is 0.240 e. The highest BCUT2D eigenvalue weighted by Crippen LogP contribution is 2.24. The van der Waals surface area contributed by atoms with E-state index in [0.717, 1.165) is 43.2 Å². The van der Waals surface area contributed by atoms with Crippen molar-refractivity contribution in [3.8, 4) is 0 Å². The van der Waals surface area contributed by atoms with Gasteiger partial charge in [-0.2, -0.15) is 4.31 Å². The fraction of sp³-hybridized carbons (Fsp3) is 0.647. The van der Waals surface area contributed by atoms with Gasteiger partial charge in [0.1, 0.15) is 0 Å². The molecule has 2 rings (SSSR count). The van der Waals surface area contributed by atoms with Crippen LogP contribution in [0.1, 0.15) is 43.2 Å². The quantitative estimate of drug-likeness (QED) is 0.776. The average molecular weight is 389 g/mol. The first-order valence-corrected chi connectivity index (χ1v) is 12.0. The summed E-state index contributed by atoms with van der Waals surface area (Å²) in [6.45, 7) is 4.02. The molecule has 0 amide bonds. The summed E-state index contributed by atoms with van der Waals surface area (Å²) in [6, 6.07) is 4.96. The molecule has 0 heterocycles. The molecule has 142 valence electrons. The lowest BCUT2D eigenvalue weighted by Crippen LogP contribution is -2.44. The number of sulfonamides is 2. The van der Waals surface area contributed by atoms with Crippen LogP contribution in [0.15, 0.2) is 23.1 Å². The predicted molar refractivity (Wildman–Crippen MR) is 99.5 cm³/mol. The lowest BCUT2D eigenvalue weighted by atomic mass is 9.95. The zero-order valence-electron chi connectivity index (χ0n) is 15.2. The van der Waals surface area contributed by atoms with Crippen LogP contribution >= 0.6 is 0 Å². The van der Waals surface area contributed by atoms with Gasteiger partial charge in [-0.05, 0) is 49.9 Å². The van der Waals surface area contributed by atoms with Crippen molar-refractivity contribution in [2.45, 2.75) is 56.9 Å². The zero-order valence-corrected chi connectivity index (χ0v) is 16.8. The molecule has 0 atom stereocenters. The minimum absolute atomic E-state index is 0.0186. The molecule has 1 aromatic rings. The highest BCUT2D eigenvalue weighted by Gasteiger charge is 2.28. The fourth-order valence-electron chi connectivity index (χ4n) is 3.24. The van der Waals surface area contributed by atoms with Gasteiger partial charge < -0.3 is 0 Å². The number of nitrogens with zero attached hydrogens (tertiary/aromatic N) is 1. The number of hydrogen-bond donors (Lipinski definition) is 1. The van der Waals surface area contributed by atoms with Crippen molar-refractivity contribution in [2.75, 3.05) is 19.3 Å². The monoisotopic (exact) mass is 388 g/mol. The first kappa shape index (κ1) is 20.4. The molecule has 1 N–H and O–H groups in total. The Morgan fingerprint density at radius 2 is 1.68 bits per heavy atom.